The van der Waals surface area contributed by atoms with E-state index in [0.717, 1.165) is 19.3 Å². The average Bonchev–Trinajstić information content (AvgIpc) is 2.39. The van der Waals surface area contributed by atoms with Crippen molar-refractivity contribution in [2.75, 3.05) is 19.6 Å². The van der Waals surface area contributed by atoms with Crippen LogP contribution in [0.3, 0.4) is 0 Å². The van der Waals surface area contributed by atoms with Crippen LogP contribution in [0.15, 0.2) is 0 Å². The van der Waals surface area contributed by atoms with Crippen LogP contribution in [0.2, 0.25) is 0 Å². The number of carbonyl (C=O) groups is 3. The summed E-state index contributed by atoms with van der Waals surface area (Å²) in [6.07, 6.45) is 2.67. The number of nitrogens with zero attached hydrogens (tertiary/aromatic N) is 1. The van der Waals surface area contributed by atoms with E-state index in [-0.39, 0.29) is 12.5 Å². The van der Waals surface area contributed by atoms with Gasteiger partial charge in [0.2, 0.25) is 5.91 Å². The van der Waals surface area contributed by atoms with E-state index in [2.05, 4.69) is 24.5 Å². The number of hydrogen-bond donors (Lipinski definition) is 3. The van der Waals surface area contributed by atoms with Crippen molar-refractivity contribution in [1.82, 2.24) is 15.5 Å². The van der Waals surface area contributed by atoms with Gasteiger partial charge in [-0.25, -0.2) is 4.79 Å². The van der Waals surface area contributed by atoms with Crippen molar-refractivity contribution in [2.45, 2.75) is 45.6 Å². The third-order valence-corrected chi connectivity index (χ3v) is 3.44. The number of rotatable bonds is 7. The minimum Gasteiger partial charge on any atom is -0.481 e. The number of carboxylic acids is 1. The van der Waals surface area contributed by atoms with E-state index in [4.69, 9.17) is 5.11 Å². The lowest BCUT2D eigenvalue weighted by Crippen LogP contribution is -2.60. The molecule has 0 saturated carbocycles. The Bertz CT molecular complexity index is 384. The van der Waals surface area contributed by atoms with E-state index in [1.807, 2.05) is 0 Å². The van der Waals surface area contributed by atoms with Crippen molar-refractivity contribution in [3.63, 3.8) is 0 Å². The molecular formula is C14H25N3O4. The number of urea groups is 1. The summed E-state index contributed by atoms with van der Waals surface area (Å²) in [6, 6.07) is -1.28. The molecule has 0 aromatic carbocycles. The number of carboxylic acid groups (broad SMARTS) is 1. The molecule has 7 heteroatoms. The normalized spacial score (nSPS) is 18.5. The Hall–Kier alpha value is -1.79. The summed E-state index contributed by atoms with van der Waals surface area (Å²) in [7, 11) is 0. The first-order valence-corrected chi connectivity index (χ1v) is 7.45. The second kappa shape index (κ2) is 8.49. The zero-order valence-corrected chi connectivity index (χ0v) is 12.7. The van der Waals surface area contributed by atoms with Crippen LogP contribution < -0.4 is 10.6 Å². The fraction of sp³-hybridized carbons (Fsp3) is 0.786. The molecule has 1 aliphatic heterocycles. The number of piperazine rings is 1. The third kappa shape index (κ3) is 6.01. The Kier molecular flexibility index (Phi) is 6.98. The lowest BCUT2D eigenvalue weighted by Gasteiger charge is -2.34. The molecular weight excluding hydrogens is 274 g/mol. The lowest BCUT2D eigenvalue weighted by atomic mass is 10.1. The van der Waals surface area contributed by atoms with Gasteiger partial charge in [0, 0.05) is 19.6 Å². The molecule has 3 amide bonds. The highest BCUT2D eigenvalue weighted by molar-refractivity contribution is 5.91. The molecule has 0 radical (unpaired) electrons. The molecule has 1 fully saturated rings. The topological polar surface area (TPSA) is 98.7 Å². The maximum atomic E-state index is 12.1. The van der Waals surface area contributed by atoms with Crippen LogP contribution in [0.4, 0.5) is 4.79 Å². The molecule has 0 spiro atoms. The van der Waals surface area contributed by atoms with Gasteiger partial charge in [0.1, 0.15) is 6.04 Å². The molecule has 120 valence electrons. The summed E-state index contributed by atoms with van der Waals surface area (Å²) in [5, 5.41) is 14.2. The summed E-state index contributed by atoms with van der Waals surface area (Å²) >= 11 is 0. The summed E-state index contributed by atoms with van der Waals surface area (Å²) < 4.78 is 0. The van der Waals surface area contributed by atoms with Crippen LogP contribution in [0.25, 0.3) is 0 Å². The Morgan fingerprint density at radius 1 is 1.43 bits per heavy atom. The lowest BCUT2D eigenvalue weighted by molar-refractivity contribution is -0.142. The maximum absolute atomic E-state index is 12.1. The highest BCUT2D eigenvalue weighted by Gasteiger charge is 2.34. The summed E-state index contributed by atoms with van der Waals surface area (Å²) in [5.74, 6) is -0.850. The molecule has 1 saturated heterocycles. The molecule has 1 aliphatic rings. The molecule has 1 unspecified atom stereocenters. The number of hydrogen-bond acceptors (Lipinski definition) is 3. The molecule has 7 nitrogen and oxygen atoms in total. The number of carbonyl (C=O) groups excluding carboxylic acids is 2. The molecule has 3 N–H and O–H groups in total. The number of unbranched alkanes of at least 4 members (excludes halogenated alkanes) is 1. The van der Waals surface area contributed by atoms with Gasteiger partial charge in [-0.05, 0) is 12.3 Å². The van der Waals surface area contributed by atoms with Crippen molar-refractivity contribution in [3.8, 4) is 0 Å². The van der Waals surface area contributed by atoms with Crippen LogP contribution in [0, 0.1) is 5.92 Å². The van der Waals surface area contributed by atoms with E-state index in [1.54, 1.807) is 0 Å². The number of aliphatic carboxylic acids is 1. The largest absolute Gasteiger partial charge is 0.481 e. The number of amides is 3. The van der Waals surface area contributed by atoms with E-state index in [1.165, 1.54) is 4.90 Å². The van der Waals surface area contributed by atoms with Gasteiger partial charge in [-0.1, -0.05) is 26.7 Å². The first kappa shape index (κ1) is 17.3. The van der Waals surface area contributed by atoms with Crippen molar-refractivity contribution >= 4 is 17.9 Å². The van der Waals surface area contributed by atoms with Crippen LogP contribution in [-0.2, 0) is 9.59 Å². The zero-order valence-electron chi connectivity index (χ0n) is 12.7. The summed E-state index contributed by atoms with van der Waals surface area (Å²) in [4.78, 5) is 35.9. The molecule has 1 heterocycles. The van der Waals surface area contributed by atoms with Gasteiger partial charge in [-0.3, -0.25) is 9.59 Å². The quantitative estimate of drug-likeness (QED) is 0.605. The van der Waals surface area contributed by atoms with Gasteiger partial charge in [-0.15, -0.1) is 0 Å². The highest BCUT2D eigenvalue weighted by Crippen LogP contribution is 2.10. The fourth-order valence-corrected chi connectivity index (χ4v) is 2.30. The average molecular weight is 299 g/mol. The molecule has 0 bridgehead atoms. The van der Waals surface area contributed by atoms with Gasteiger partial charge >= 0.3 is 12.0 Å². The Morgan fingerprint density at radius 2 is 2.14 bits per heavy atom. The molecule has 21 heavy (non-hydrogen) atoms. The van der Waals surface area contributed by atoms with Crippen LogP contribution >= 0.6 is 0 Å². The predicted molar refractivity (Wildman–Crippen MR) is 77.8 cm³/mol. The molecule has 1 rings (SSSR count). The van der Waals surface area contributed by atoms with Crippen LogP contribution in [-0.4, -0.2) is 53.6 Å². The minimum atomic E-state index is -1.09. The SMILES string of the molecule is CC(C)CCCCNC(=O)N1CCNC(=O)C1CC(=O)O. The summed E-state index contributed by atoms with van der Waals surface area (Å²) in [6.45, 7) is 5.55. The van der Waals surface area contributed by atoms with Crippen molar-refractivity contribution in [1.29, 1.82) is 0 Å². The highest BCUT2D eigenvalue weighted by atomic mass is 16.4. The van der Waals surface area contributed by atoms with Gasteiger partial charge in [0.25, 0.3) is 0 Å². The van der Waals surface area contributed by atoms with Gasteiger partial charge in [-0.2, -0.15) is 0 Å². The van der Waals surface area contributed by atoms with E-state index in [0.29, 0.717) is 25.6 Å². The Morgan fingerprint density at radius 3 is 2.76 bits per heavy atom. The maximum Gasteiger partial charge on any atom is 0.318 e. The monoisotopic (exact) mass is 299 g/mol. The third-order valence-electron chi connectivity index (χ3n) is 3.44. The van der Waals surface area contributed by atoms with E-state index < -0.39 is 17.9 Å². The summed E-state index contributed by atoms with van der Waals surface area (Å²) in [5.41, 5.74) is 0. The van der Waals surface area contributed by atoms with Gasteiger partial charge in [0.15, 0.2) is 0 Å². The van der Waals surface area contributed by atoms with Gasteiger partial charge in [0.05, 0.1) is 6.42 Å². The smallest absolute Gasteiger partial charge is 0.318 e. The van der Waals surface area contributed by atoms with Gasteiger partial charge < -0.3 is 20.6 Å². The van der Waals surface area contributed by atoms with Crippen LogP contribution in [0.1, 0.15) is 39.5 Å². The molecule has 0 aromatic rings. The fourth-order valence-electron chi connectivity index (χ4n) is 2.30. The Labute approximate surface area is 125 Å². The van der Waals surface area contributed by atoms with Crippen LogP contribution in [0.5, 0.6) is 0 Å². The molecule has 0 aromatic heterocycles. The van der Waals surface area contributed by atoms with E-state index >= 15 is 0 Å². The first-order valence-electron chi connectivity index (χ1n) is 7.45. The van der Waals surface area contributed by atoms with Crippen molar-refractivity contribution in [3.05, 3.63) is 0 Å². The second-order valence-corrected chi connectivity index (χ2v) is 5.72. The number of nitrogens with one attached hydrogen (secondary N) is 2. The second-order valence-electron chi connectivity index (χ2n) is 5.72. The Balaban J connectivity index is 2.42. The first-order chi connectivity index (χ1) is 9.91. The molecule has 0 aliphatic carbocycles. The standard InChI is InChI=1S/C14H25N3O4/c1-10(2)5-3-4-6-16-14(21)17-8-7-15-13(20)11(17)9-12(18)19/h10-11H,3-9H2,1-2H3,(H,15,20)(H,16,21)(H,18,19). The van der Waals surface area contributed by atoms with Crippen molar-refractivity contribution in [2.24, 2.45) is 5.92 Å². The minimum absolute atomic E-state index is 0.335. The van der Waals surface area contributed by atoms with Crippen molar-refractivity contribution < 1.29 is 19.5 Å². The predicted octanol–water partition coefficient (Wildman–Crippen LogP) is 0.797. The zero-order chi connectivity index (χ0) is 15.8. The molecule has 1 atom stereocenters. The van der Waals surface area contributed by atoms with E-state index in [9.17, 15) is 14.4 Å².